The summed E-state index contributed by atoms with van der Waals surface area (Å²) in [6, 6.07) is 11.6. The molecule has 2 nitrogen and oxygen atoms in total. The first-order valence-electron chi connectivity index (χ1n) is 4.75. The van der Waals surface area contributed by atoms with Gasteiger partial charge in [-0.1, -0.05) is 12.1 Å². The van der Waals surface area contributed by atoms with Crippen molar-refractivity contribution in [2.24, 2.45) is 0 Å². The van der Waals surface area contributed by atoms with Gasteiger partial charge < -0.3 is 10.1 Å². The highest BCUT2D eigenvalue weighted by Gasteiger charge is 2.12. The van der Waals surface area contributed by atoms with Gasteiger partial charge in [-0.15, -0.1) is 0 Å². The minimum absolute atomic E-state index is 0.580. The van der Waals surface area contributed by atoms with E-state index in [1.165, 1.54) is 5.69 Å². The van der Waals surface area contributed by atoms with Gasteiger partial charge >= 0.3 is 0 Å². The summed E-state index contributed by atoms with van der Waals surface area (Å²) in [5, 5.41) is 3.48. The molecule has 2 heteroatoms. The third-order valence-electron chi connectivity index (χ3n) is 2.31. The van der Waals surface area contributed by atoms with Crippen LogP contribution in [0, 0.1) is 6.07 Å². The lowest BCUT2D eigenvalue weighted by Crippen LogP contribution is -2.27. The number of rotatable bonds is 2. The van der Waals surface area contributed by atoms with E-state index in [1.807, 2.05) is 12.1 Å². The standard InChI is InChI=1S/C11H14NO/c1-2-4-10(5-3-1)12-11-6-8-13-9-7-11/h2-5,11-12H,6-9H2. The lowest BCUT2D eigenvalue weighted by Gasteiger charge is -2.23. The Morgan fingerprint density at radius 3 is 2.62 bits per heavy atom. The maximum atomic E-state index is 5.29. The zero-order valence-corrected chi connectivity index (χ0v) is 7.62. The Labute approximate surface area is 78.9 Å². The van der Waals surface area contributed by atoms with Crippen LogP contribution in [0.4, 0.5) is 5.69 Å². The molecule has 1 aromatic carbocycles. The maximum absolute atomic E-state index is 5.29. The molecule has 2 rings (SSSR count). The molecule has 1 fully saturated rings. The number of ether oxygens (including phenoxy) is 1. The molecule has 1 saturated heterocycles. The van der Waals surface area contributed by atoms with Gasteiger partial charge in [0.25, 0.3) is 0 Å². The topological polar surface area (TPSA) is 21.3 Å². The predicted molar refractivity (Wildman–Crippen MR) is 52.7 cm³/mol. The van der Waals surface area contributed by atoms with E-state index >= 15 is 0 Å². The predicted octanol–water partition coefficient (Wildman–Crippen LogP) is 2.08. The van der Waals surface area contributed by atoms with Gasteiger partial charge in [0.05, 0.1) is 0 Å². The van der Waals surface area contributed by atoms with Gasteiger partial charge in [-0.25, -0.2) is 0 Å². The normalized spacial score (nSPS) is 18.5. The lowest BCUT2D eigenvalue weighted by atomic mass is 10.1. The molecule has 0 aliphatic carbocycles. The summed E-state index contributed by atoms with van der Waals surface area (Å²) in [5.74, 6) is 0. The summed E-state index contributed by atoms with van der Waals surface area (Å²) in [4.78, 5) is 0. The molecule has 0 unspecified atom stereocenters. The van der Waals surface area contributed by atoms with Crippen molar-refractivity contribution in [3.63, 3.8) is 0 Å². The number of hydrogen-bond acceptors (Lipinski definition) is 2. The van der Waals surface area contributed by atoms with Crippen molar-refractivity contribution in [2.45, 2.75) is 18.9 Å². The van der Waals surface area contributed by atoms with E-state index in [1.54, 1.807) is 0 Å². The van der Waals surface area contributed by atoms with E-state index < -0.39 is 0 Å². The van der Waals surface area contributed by atoms with E-state index in [4.69, 9.17) is 4.74 Å². The van der Waals surface area contributed by atoms with Crippen LogP contribution in [0.15, 0.2) is 24.3 Å². The minimum Gasteiger partial charge on any atom is -0.382 e. The Balaban J connectivity index is 1.90. The molecule has 0 bridgehead atoms. The highest BCUT2D eigenvalue weighted by Crippen LogP contribution is 2.13. The van der Waals surface area contributed by atoms with E-state index in [-0.39, 0.29) is 0 Å². The molecular formula is C11H14NO. The molecule has 0 atom stereocenters. The Bertz CT molecular complexity index is 242. The molecule has 0 spiro atoms. The van der Waals surface area contributed by atoms with Gasteiger partial charge in [0.2, 0.25) is 0 Å². The summed E-state index contributed by atoms with van der Waals surface area (Å²) in [6.45, 7) is 1.77. The van der Waals surface area contributed by atoms with Crippen LogP contribution in [0.3, 0.4) is 0 Å². The third-order valence-corrected chi connectivity index (χ3v) is 2.31. The van der Waals surface area contributed by atoms with E-state index in [2.05, 4.69) is 23.5 Å². The highest BCUT2D eigenvalue weighted by molar-refractivity contribution is 5.43. The van der Waals surface area contributed by atoms with Crippen LogP contribution >= 0.6 is 0 Å². The molecule has 1 aliphatic rings. The van der Waals surface area contributed by atoms with Crippen LogP contribution in [0.25, 0.3) is 0 Å². The molecular weight excluding hydrogens is 162 g/mol. The minimum atomic E-state index is 0.580. The largest absolute Gasteiger partial charge is 0.382 e. The number of hydrogen-bond donors (Lipinski definition) is 1. The summed E-state index contributed by atoms with van der Waals surface area (Å²) >= 11 is 0. The van der Waals surface area contributed by atoms with Crippen molar-refractivity contribution >= 4 is 5.69 Å². The molecule has 69 valence electrons. The molecule has 1 aliphatic heterocycles. The zero-order valence-electron chi connectivity index (χ0n) is 7.62. The van der Waals surface area contributed by atoms with Crippen molar-refractivity contribution in [1.82, 2.24) is 0 Å². The quantitative estimate of drug-likeness (QED) is 0.745. The maximum Gasteiger partial charge on any atom is 0.0485 e. The average molecular weight is 176 g/mol. The highest BCUT2D eigenvalue weighted by atomic mass is 16.5. The number of anilines is 1. The molecule has 1 aromatic rings. The van der Waals surface area contributed by atoms with Crippen molar-refractivity contribution in [2.75, 3.05) is 18.5 Å². The van der Waals surface area contributed by atoms with Gasteiger partial charge in [0.1, 0.15) is 0 Å². The zero-order chi connectivity index (χ0) is 8.93. The molecule has 1 radical (unpaired) electrons. The fourth-order valence-corrected chi connectivity index (χ4v) is 1.56. The van der Waals surface area contributed by atoms with Gasteiger partial charge in [-0.05, 0) is 31.0 Å². The van der Waals surface area contributed by atoms with Crippen LogP contribution < -0.4 is 5.32 Å². The Morgan fingerprint density at radius 1 is 1.23 bits per heavy atom. The SMILES string of the molecule is [c]1ccc(NC2CCOCC2)cc1. The summed E-state index contributed by atoms with van der Waals surface area (Å²) in [5.41, 5.74) is 1.19. The second-order valence-corrected chi connectivity index (χ2v) is 3.32. The molecule has 0 aromatic heterocycles. The molecule has 1 N–H and O–H groups in total. The Hall–Kier alpha value is -1.02. The lowest BCUT2D eigenvalue weighted by molar-refractivity contribution is 0.0904. The smallest absolute Gasteiger partial charge is 0.0485 e. The summed E-state index contributed by atoms with van der Waals surface area (Å²) < 4.78 is 5.29. The van der Waals surface area contributed by atoms with Crippen LogP contribution in [-0.4, -0.2) is 19.3 Å². The van der Waals surface area contributed by atoms with Gasteiger partial charge in [0, 0.05) is 24.9 Å². The Kier molecular flexibility index (Phi) is 2.82. The molecule has 0 saturated carbocycles. The summed E-state index contributed by atoms with van der Waals surface area (Å²) in [6.07, 6.45) is 2.22. The molecule has 0 amide bonds. The fraction of sp³-hybridized carbons (Fsp3) is 0.455. The number of nitrogens with one attached hydrogen (secondary N) is 1. The third kappa shape index (κ3) is 2.46. The van der Waals surface area contributed by atoms with E-state index in [9.17, 15) is 0 Å². The van der Waals surface area contributed by atoms with Gasteiger partial charge in [0.15, 0.2) is 0 Å². The second kappa shape index (κ2) is 4.28. The average Bonchev–Trinajstić information content (AvgIpc) is 2.21. The molecule has 13 heavy (non-hydrogen) atoms. The first-order valence-corrected chi connectivity index (χ1v) is 4.75. The monoisotopic (exact) mass is 176 g/mol. The van der Waals surface area contributed by atoms with Crippen molar-refractivity contribution in [3.8, 4) is 0 Å². The molecule has 1 heterocycles. The van der Waals surface area contributed by atoms with Crippen LogP contribution in [0.1, 0.15) is 12.8 Å². The van der Waals surface area contributed by atoms with E-state index in [0.29, 0.717) is 6.04 Å². The van der Waals surface area contributed by atoms with Crippen molar-refractivity contribution in [3.05, 3.63) is 30.3 Å². The van der Waals surface area contributed by atoms with Crippen LogP contribution in [0.5, 0.6) is 0 Å². The van der Waals surface area contributed by atoms with Crippen LogP contribution in [-0.2, 0) is 4.74 Å². The Morgan fingerprint density at radius 2 is 1.92 bits per heavy atom. The van der Waals surface area contributed by atoms with Gasteiger partial charge in [-0.3, -0.25) is 0 Å². The first kappa shape index (κ1) is 8.57. The first-order chi connectivity index (χ1) is 6.45. The fourth-order valence-electron chi connectivity index (χ4n) is 1.56. The second-order valence-electron chi connectivity index (χ2n) is 3.32. The number of benzene rings is 1. The van der Waals surface area contributed by atoms with Crippen molar-refractivity contribution < 1.29 is 4.74 Å². The van der Waals surface area contributed by atoms with Gasteiger partial charge in [-0.2, -0.15) is 0 Å². The summed E-state index contributed by atoms with van der Waals surface area (Å²) in [7, 11) is 0. The van der Waals surface area contributed by atoms with Crippen molar-refractivity contribution in [1.29, 1.82) is 0 Å². The van der Waals surface area contributed by atoms with Crippen LogP contribution in [0.2, 0.25) is 0 Å². The van der Waals surface area contributed by atoms with E-state index in [0.717, 1.165) is 26.1 Å².